The minimum Gasteiger partial charge on any atom is -0.147 e. The smallest absolute Gasteiger partial charge is 0.147 e. The van der Waals surface area contributed by atoms with E-state index >= 15 is 0 Å². The Morgan fingerprint density at radius 2 is 1.63 bits per heavy atom. The van der Waals surface area contributed by atoms with Gasteiger partial charge in [0.1, 0.15) is 0 Å². The molecule has 4 heteroatoms. The van der Waals surface area contributed by atoms with Crippen LogP contribution in [0.5, 0.6) is 0 Å². The van der Waals surface area contributed by atoms with Crippen LogP contribution >= 0.6 is 24.8 Å². The van der Waals surface area contributed by atoms with E-state index in [1.807, 2.05) is 0 Å². The Morgan fingerprint density at radius 1 is 0.889 bits per heavy atom. The van der Waals surface area contributed by atoms with Gasteiger partial charge in [0, 0.05) is 0 Å². The topological polar surface area (TPSA) is 9.23 Å². The third-order valence-electron chi connectivity index (χ3n) is 4.93. The van der Waals surface area contributed by atoms with Crippen LogP contribution in [0.25, 0.3) is 27.5 Å². The van der Waals surface area contributed by atoms with Crippen LogP contribution in [-0.4, -0.2) is 0 Å². The first-order valence-corrected chi connectivity index (χ1v) is 9.18. The van der Waals surface area contributed by atoms with E-state index in [-0.39, 0.29) is 24.8 Å². The van der Waals surface area contributed by atoms with Crippen LogP contribution in [0, 0.1) is 0 Å². The normalized spacial score (nSPS) is 12.7. The molecule has 1 aliphatic carbocycles. The van der Waals surface area contributed by atoms with Gasteiger partial charge < -0.3 is 0 Å². The van der Waals surface area contributed by atoms with Gasteiger partial charge in [0.2, 0.25) is 0 Å². The first kappa shape index (κ1) is 21.9. The van der Waals surface area contributed by atoms with E-state index in [9.17, 15) is 0 Å². The van der Waals surface area contributed by atoms with Gasteiger partial charge >= 0.3 is 161 Å². The maximum absolute atomic E-state index is 5.46. The molecule has 0 heterocycles. The number of halogens is 2. The second-order valence-corrected chi connectivity index (χ2v) is 6.87. The van der Waals surface area contributed by atoms with Crippen LogP contribution in [-0.2, 0) is 30.7 Å². The molecule has 27 heavy (non-hydrogen) atoms. The maximum Gasteiger partial charge on any atom is -0.147 e. The predicted molar refractivity (Wildman–Crippen MR) is 115 cm³/mol. The zero-order valence-electron chi connectivity index (χ0n) is 15.1. The largest absolute Gasteiger partial charge is 0.147 e. The Bertz CT molecular complexity index is 1010. The molecule has 1 aliphatic rings. The minimum absolute atomic E-state index is 0. The Hall–Kier alpha value is -1.35. The number of hydrogen-bond donors (Lipinski definition) is 0. The number of allylic oxidation sites excluding steroid dienone is 4. The van der Waals surface area contributed by atoms with E-state index in [0.717, 1.165) is 6.42 Å². The van der Waals surface area contributed by atoms with Gasteiger partial charge in [-0.15, -0.1) is 24.8 Å². The summed E-state index contributed by atoms with van der Waals surface area (Å²) in [5.41, 5.74) is 7.94. The fourth-order valence-corrected chi connectivity index (χ4v) is 3.96. The average molecular weight is 432 g/mol. The van der Waals surface area contributed by atoms with Crippen LogP contribution in [0.3, 0.4) is 0 Å². The summed E-state index contributed by atoms with van der Waals surface area (Å²) in [6, 6.07) is 21.8. The molecule has 0 fully saturated rings. The summed E-state index contributed by atoms with van der Waals surface area (Å²) in [6.45, 7) is 2.83. The van der Waals surface area contributed by atoms with Crippen molar-refractivity contribution in [1.82, 2.24) is 0 Å². The van der Waals surface area contributed by atoms with Gasteiger partial charge in [-0.1, -0.05) is 0 Å². The standard InChI is InChI=1S/C23H19O.2ClH.Ti/c1-16-7-6-12-19(16)22-14-13-17-8-2-4-10-20(17)23(22)21-11-5-3-9-18(21)15-24;;;/h2-11,13-14H,12,15H2,1H3;2*1H;/q-1;;;+1. The molecule has 0 aliphatic heterocycles. The average Bonchev–Trinajstić information content (AvgIpc) is 3.07. The van der Waals surface area contributed by atoms with Crippen LogP contribution in [0.2, 0.25) is 0 Å². The molecule has 0 amide bonds. The van der Waals surface area contributed by atoms with Crippen molar-refractivity contribution in [3.05, 3.63) is 89.5 Å². The Balaban J connectivity index is 0.00000131. The molecule has 0 N–H and O–H groups in total. The molecule has 0 atom stereocenters. The first-order chi connectivity index (χ1) is 12.3. The molecule has 0 spiro atoms. The zero-order chi connectivity index (χ0) is 17.2. The summed E-state index contributed by atoms with van der Waals surface area (Å²) < 4.78 is 5.46. The van der Waals surface area contributed by atoms with Crippen LogP contribution in [0.1, 0.15) is 24.5 Å². The summed E-state index contributed by atoms with van der Waals surface area (Å²) in [5, 5.41) is 2.58. The molecule has 0 bridgehead atoms. The zero-order valence-corrected chi connectivity index (χ0v) is 18.3. The molecule has 0 saturated carbocycles. The van der Waals surface area contributed by atoms with Crippen molar-refractivity contribution in [2.45, 2.75) is 20.0 Å². The van der Waals surface area contributed by atoms with Gasteiger partial charge in [-0.2, -0.15) is 0 Å². The van der Waals surface area contributed by atoms with Crippen molar-refractivity contribution in [1.29, 1.82) is 0 Å². The van der Waals surface area contributed by atoms with Crippen molar-refractivity contribution in [2.24, 2.45) is 0 Å². The number of hydrogen-bond acceptors (Lipinski definition) is 1. The van der Waals surface area contributed by atoms with Gasteiger partial charge in [0.05, 0.1) is 0 Å². The summed E-state index contributed by atoms with van der Waals surface area (Å²) in [7, 11) is 0. The third-order valence-corrected chi connectivity index (χ3v) is 5.16. The van der Waals surface area contributed by atoms with Crippen molar-refractivity contribution >= 4 is 41.2 Å². The summed E-state index contributed by atoms with van der Waals surface area (Å²) >= 11 is 1.76. The SMILES string of the molecule is CC1=C(c2ccc3ccccc3c2-c2ccccc2C[O][Ti])CC=C1.Cl.Cl. The third kappa shape index (κ3) is 4.24. The molecule has 0 saturated heterocycles. The van der Waals surface area contributed by atoms with E-state index in [4.69, 9.17) is 3.32 Å². The van der Waals surface area contributed by atoms with Gasteiger partial charge in [-0.05, 0) is 0 Å². The van der Waals surface area contributed by atoms with E-state index in [0.29, 0.717) is 6.61 Å². The van der Waals surface area contributed by atoms with Crippen LogP contribution in [0.4, 0.5) is 0 Å². The van der Waals surface area contributed by atoms with E-state index in [2.05, 4.69) is 79.7 Å². The van der Waals surface area contributed by atoms with Gasteiger partial charge in [0.25, 0.3) is 0 Å². The molecule has 137 valence electrons. The van der Waals surface area contributed by atoms with Crippen molar-refractivity contribution in [3.63, 3.8) is 0 Å². The molecule has 4 rings (SSSR count). The number of rotatable bonds is 4. The van der Waals surface area contributed by atoms with Crippen LogP contribution in [0.15, 0.2) is 78.4 Å². The second-order valence-electron chi connectivity index (χ2n) is 6.42. The number of fused-ring (bicyclic) bond motifs is 1. The fraction of sp³-hybridized carbons (Fsp3) is 0.130. The van der Waals surface area contributed by atoms with Gasteiger partial charge in [0.15, 0.2) is 0 Å². The molecule has 3 aromatic carbocycles. The van der Waals surface area contributed by atoms with E-state index in [1.54, 1.807) is 20.8 Å². The molecular formula is C23H21Cl2OTi. The Labute approximate surface area is 185 Å². The van der Waals surface area contributed by atoms with E-state index in [1.165, 1.54) is 44.2 Å². The molecule has 3 aromatic rings. The summed E-state index contributed by atoms with van der Waals surface area (Å²) in [6.07, 6.45) is 5.49. The molecular weight excluding hydrogens is 411 g/mol. The maximum atomic E-state index is 5.46. The quantitative estimate of drug-likeness (QED) is 0.401. The fourth-order valence-electron chi connectivity index (χ4n) is 3.72. The van der Waals surface area contributed by atoms with Gasteiger partial charge in [-0.25, -0.2) is 0 Å². The van der Waals surface area contributed by atoms with Crippen molar-refractivity contribution in [2.75, 3.05) is 0 Å². The molecule has 1 nitrogen and oxygen atoms in total. The Morgan fingerprint density at radius 3 is 2.37 bits per heavy atom. The summed E-state index contributed by atoms with van der Waals surface area (Å²) in [5.74, 6) is 0. The minimum atomic E-state index is 0. The second kappa shape index (κ2) is 9.73. The molecule has 0 unspecified atom stereocenters. The monoisotopic (exact) mass is 431 g/mol. The van der Waals surface area contributed by atoms with Crippen molar-refractivity contribution in [3.8, 4) is 11.1 Å². The predicted octanol–water partition coefficient (Wildman–Crippen LogP) is 7.06. The number of benzene rings is 3. The first-order valence-electron chi connectivity index (χ1n) is 8.55. The van der Waals surface area contributed by atoms with E-state index < -0.39 is 0 Å². The van der Waals surface area contributed by atoms with Crippen molar-refractivity contribution < 1.29 is 24.1 Å². The molecule has 0 aromatic heterocycles. The Kier molecular flexibility index (Phi) is 7.91. The molecule has 0 radical (unpaired) electrons. The van der Waals surface area contributed by atoms with Crippen LogP contribution < -0.4 is 0 Å². The summed E-state index contributed by atoms with van der Waals surface area (Å²) in [4.78, 5) is 0. The van der Waals surface area contributed by atoms with Gasteiger partial charge in [-0.3, -0.25) is 0 Å².